The van der Waals surface area contributed by atoms with Crippen LogP contribution in [-0.2, 0) is 6.42 Å². The van der Waals surface area contributed by atoms with Gasteiger partial charge in [-0.1, -0.05) is 56.2 Å². The van der Waals surface area contributed by atoms with Crippen LogP contribution < -0.4 is 10.1 Å². The largest absolute Gasteiger partial charge is 0.507 e. The van der Waals surface area contributed by atoms with Crippen molar-refractivity contribution >= 4 is 17.8 Å². The van der Waals surface area contributed by atoms with Gasteiger partial charge in [-0.05, 0) is 68.8 Å². The monoisotopic (exact) mass is 488 g/mol. The number of halogens is 1. The summed E-state index contributed by atoms with van der Waals surface area (Å²) >= 11 is 6.54. The molecule has 3 N–H and O–H groups in total. The van der Waals surface area contributed by atoms with Crippen LogP contribution in [0, 0.1) is 24.2 Å². The molecule has 0 aliphatic heterocycles. The third-order valence-electron chi connectivity index (χ3n) is 8.17. The lowest BCUT2D eigenvalue weighted by atomic mass is 9.60. The smallest absolute Gasteiger partial charge is 0.144 e. The van der Waals surface area contributed by atoms with Gasteiger partial charge in [0.15, 0.2) is 0 Å². The first-order valence-corrected chi connectivity index (χ1v) is 12.8. The van der Waals surface area contributed by atoms with Crippen molar-refractivity contribution in [1.29, 1.82) is 0 Å². The highest BCUT2D eigenvalue weighted by Crippen LogP contribution is 2.47. The number of benzene rings is 1. The second-order valence-electron chi connectivity index (χ2n) is 10.3. The van der Waals surface area contributed by atoms with E-state index in [0.717, 1.165) is 11.6 Å². The van der Waals surface area contributed by atoms with Crippen LogP contribution in [0.3, 0.4) is 0 Å². The zero-order valence-corrected chi connectivity index (χ0v) is 22.2. The summed E-state index contributed by atoms with van der Waals surface area (Å²) in [6.07, 6.45) is 13.8. The number of aliphatic hydroxyl groups excluding tert-OH is 1. The number of ether oxygens (including phenoxy) is 1. The van der Waals surface area contributed by atoms with Crippen LogP contribution in [0.15, 0.2) is 28.8 Å². The molecule has 4 atom stereocenters. The summed E-state index contributed by atoms with van der Waals surface area (Å²) in [5, 5.41) is 24.3. The number of phenols is 1. The first-order valence-electron chi connectivity index (χ1n) is 12.4. The quantitative estimate of drug-likeness (QED) is 0.295. The molecule has 0 heterocycles. The molecule has 3 rings (SSSR count). The fourth-order valence-electron chi connectivity index (χ4n) is 5.17. The maximum absolute atomic E-state index is 10.9. The predicted molar refractivity (Wildman–Crippen MR) is 141 cm³/mol. The number of nitrogens with one attached hydrogen (secondary N) is 1. The Labute approximate surface area is 210 Å². The molecule has 0 amide bonds. The lowest BCUT2D eigenvalue weighted by Crippen LogP contribution is -2.49. The molecule has 2 fully saturated rings. The molecule has 0 aromatic heterocycles. The van der Waals surface area contributed by atoms with Crippen LogP contribution in [-0.4, -0.2) is 42.4 Å². The second-order valence-corrected chi connectivity index (χ2v) is 10.7. The Hall–Kier alpha value is -1.82. The highest BCUT2D eigenvalue weighted by Gasteiger charge is 2.43. The van der Waals surface area contributed by atoms with Crippen molar-refractivity contribution in [3.05, 3.63) is 45.5 Å². The van der Waals surface area contributed by atoms with Crippen molar-refractivity contribution in [3.63, 3.8) is 0 Å². The number of hydrogen-bond donors (Lipinski definition) is 3. The van der Waals surface area contributed by atoms with E-state index in [9.17, 15) is 5.11 Å². The van der Waals surface area contributed by atoms with Gasteiger partial charge < -0.3 is 20.3 Å². The van der Waals surface area contributed by atoms with E-state index in [-0.39, 0.29) is 17.9 Å². The molecule has 5 nitrogen and oxygen atoms in total. The minimum absolute atomic E-state index is 0.0828. The highest BCUT2D eigenvalue weighted by molar-refractivity contribution is 6.33. The van der Waals surface area contributed by atoms with Crippen LogP contribution in [0.4, 0.5) is 0 Å². The summed E-state index contributed by atoms with van der Waals surface area (Å²) in [5.74, 6) is 1.74. The lowest BCUT2D eigenvalue weighted by Gasteiger charge is -2.48. The number of nitrogens with zero attached hydrogens (tertiary/aromatic N) is 1. The van der Waals surface area contributed by atoms with Crippen molar-refractivity contribution < 1.29 is 14.9 Å². The number of hydrogen-bond acceptors (Lipinski definition) is 5. The SMILES string of the molecule is COc1c(Cl)c(C)c(C=NCO)c(O)c1C/C=C(C)/C=C/[C@@]1(C)[C@H](C)CCC(NC2CC2)[C@@H]1C. The van der Waals surface area contributed by atoms with Gasteiger partial charge in [0.05, 0.1) is 12.1 Å². The summed E-state index contributed by atoms with van der Waals surface area (Å²) in [4.78, 5) is 3.87. The van der Waals surface area contributed by atoms with Gasteiger partial charge in [0.2, 0.25) is 0 Å². The normalized spacial score (nSPS) is 28.2. The number of rotatable bonds is 9. The summed E-state index contributed by atoms with van der Waals surface area (Å²) in [6, 6.07) is 1.31. The average molecular weight is 489 g/mol. The number of aliphatic hydroxyl groups is 1. The van der Waals surface area contributed by atoms with Crippen molar-refractivity contribution in [2.75, 3.05) is 13.8 Å². The molecule has 1 aromatic carbocycles. The fourth-order valence-corrected chi connectivity index (χ4v) is 5.47. The van der Waals surface area contributed by atoms with Gasteiger partial charge >= 0.3 is 0 Å². The molecule has 2 aliphatic carbocycles. The third-order valence-corrected chi connectivity index (χ3v) is 8.63. The van der Waals surface area contributed by atoms with E-state index in [2.05, 4.69) is 56.2 Å². The fraction of sp³-hybridized carbons (Fsp3) is 0.607. The molecule has 0 bridgehead atoms. The van der Waals surface area contributed by atoms with Crippen LogP contribution in [0.25, 0.3) is 0 Å². The number of aromatic hydroxyl groups is 1. The number of allylic oxidation sites excluding steroid dienone is 4. The van der Waals surface area contributed by atoms with E-state index in [1.54, 1.807) is 14.0 Å². The van der Waals surface area contributed by atoms with Crippen molar-refractivity contribution in [2.45, 2.75) is 78.8 Å². The molecule has 2 aliphatic rings. The Morgan fingerprint density at radius 1 is 1.26 bits per heavy atom. The molecule has 1 unspecified atom stereocenters. The summed E-state index contributed by atoms with van der Waals surface area (Å²) in [7, 11) is 1.56. The molecular formula is C28H41ClN2O3. The van der Waals surface area contributed by atoms with Crippen LogP contribution >= 0.6 is 11.6 Å². The number of aliphatic imine (C=N–C) groups is 1. The molecule has 1 aromatic rings. The first-order chi connectivity index (χ1) is 16.1. The van der Waals surface area contributed by atoms with Crippen molar-refractivity contribution in [2.24, 2.45) is 22.2 Å². The first kappa shape index (κ1) is 26.8. The maximum Gasteiger partial charge on any atom is 0.144 e. The van der Waals surface area contributed by atoms with E-state index in [1.807, 2.05) is 0 Å². The average Bonchev–Trinajstić information content (AvgIpc) is 3.64. The molecule has 0 spiro atoms. The van der Waals surface area contributed by atoms with Gasteiger partial charge in [0, 0.05) is 29.4 Å². The third kappa shape index (κ3) is 5.69. The van der Waals surface area contributed by atoms with E-state index < -0.39 is 0 Å². The summed E-state index contributed by atoms with van der Waals surface area (Å²) in [5.41, 5.74) is 3.04. The summed E-state index contributed by atoms with van der Waals surface area (Å²) in [6.45, 7) is 10.7. The zero-order valence-electron chi connectivity index (χ0n) is 21.5. The minimum Gasteiger partial charge on any atom is -0.507 e. The van der Waals surface area contributed by atoms with E-state index in [0.29, 0.717) is 51.8 Å². The van der Waals surface area contributed by atoms with Gasteiger partial charge in [0.25, 0.3) is 0 Å². The summed E-state index contributed by atoms with van der Waals surface area (Å²) < 4.78 is 5.54. The Morgan fingerprint density at radius 3 is 2.59 bits per heavy atom. The van der Waals surface area contributed by atoms with Gasteiger partial charge in [-0.15, -0.1) is 0 Å². The molecule has 34 heavy (non-hydrogen) atoms. The molecule has 6 heteroatoms. The second kappa shape index (κ2) is 11.3. The van der Waals surface area contributed by atoms with E-state index in [4.69, 9.17) is 21.4 Å². The number of phenolic OH excluding ortho intramolecular Hbond substituents is 1. The molecular weight excluding hydrogens is 448 g/mol. The highest BCUT2D eigenvalue weighted by atomic mass is 35.5. The maximum atomic E-state index is 10.9. The predicted octanol–water partition coefficient (Wildman–Crippen LogP) is 5.97. The van der Waals surface area contributed by atoms with Crippen LogP contribution in [0.5, 0.6) is 11.5 Å². The van der Waals surface area contributed by atoms with E-state index in [1.165, 1.54) is 31.9 Å². The van der Waals surface area contributed by atoms with Gasteiger partial charge in [-0.2, -0.15) is 0 Å². The van der Waals surface area contributed by atoms with Crippen molar-refractivity contribution in [3.8, 4) is 11.5 Å². The standard InChI is InChI=1S/C28H41ClN2O3/c1-17(13-14-28(5)18(2)8-12-24(20(28)4)31-21-9-10-21)7-11-22-26(33)23(15-30-16-32)19(3)25(29)27(22)34-6/h7,13-15,18,20-21,24,31-33H,8-12,16H2,1-6H3/b14-13+,17-7+,30-15?/t18-,20+,24?,28+/m1/s1. The topological polar surface area (TPSA) is 74.1 Å². The molecule has 0 saturated heterocycles. The molecule has 0 radical (unpaired) electrons. The van der Waals surface area contributed by atoms with E-state index >= 15 is 0 Å². The van der Waals surface area contributed by atoms with Crippen LogP contribution in [0.1, 0.15) is 70.1 Å². The van der Waals surface area contributed by atoms with Gasteiger partial charge in [-0.25, -0.2) is 0 Å². The Bertz CT molecular complexity index is 967. The minimum atomic E-state index is -0.353. The van der Waals surface area contributed by atoms with Gasteiger partial charge in [-0.3, -0.25) is 4.99 Å². The molecule has 188 valence electrons. The zero-order chi connectivity index (χ0) is 25.0. The molecule has 2 saturated carbocycles. The Morgan fingerprint density at radius 2 is 1.97 bits per heavy atom. The number of methoxy groups -OCH3 is 1. The Balaban J connectivity index is 1.83. The lowest BCUT2D eigenvalue weighted by molar-refractivity contribution is 0.0785. The van der Waals surface area contributed by atoms with Crippen molar-refractivity contribution in [1.82, 2.24) is 5.32 Å². The van der Waals surface area contributed by atoms with Crippen LogP contribution in [0.2, 0.25) is 5.02 Å². The Kier molecular flexibility index (Phi) is 8.88. The van der Waals surface area contributed by atoms with Gasteiger partial charge in [0.1, 0.15) is 18.2 Å².